The van der Waals surface area contributed by atoms with Gasteiger partial charge in [0, 0.05) is 0 Å². The van der Waals surface area contributed by atoms with E-state index in [2.05, 4.69) is 0 Å². The molecule has 0 radical (unpaired) electrons. The second kappa shape index (κ2) is 10.2. The zero-order valence-electron chi connectivity index (χ0n) is 15.1. The second-order valence-electron chi connectivity index (χ2n) is 6.28. The normalized spacial score (nSPS) is 17.1. The lowest BCUT2D eigenvalue weighted by molar-refractivity contribution is -0.169. The van der Waals surface area contributed by atoms with Gasteiger partial charge in [0.2, 0.25) is 0 Å². The van der Waals surface area contributed by atoms with E-state index >= 15 is 0 Å². The van der Waals surface area contributed by atoms with E-state index in [9.17, 15) is 15.0 Å². The van der Waals surface area contributed by atoms with Crippen molar-refractivity contribution >= 4 is 6.29 Å². The highest BCUT2D eigenvalue weighted by Gasteiger charge is 2.34. The molecule has 0 aliphatic carbocycles. The van der Waals surface area contributed by atoms with Crippen LogP contribution in [-0.4, -0.2) is 40.9 Å². The Balaban J connectivity index is 2.11. The van der Waals surface area contributed by atoms with E-state index in [4.69, 9.17) is 9.47 Å². The average molecular weight is 358 g/mol. The molecule has 5 atom stereocenters. The van der Waals surface area contributed by atoms with Gasteiger partial charge in [-0.3, -0.25) is 0 Å². The largest absolute Gasteiger partial charge is 0.391 e. The van der Waals surface area contributed by atoms with Gasteiger partial charge in [0.15, 0.2) is 6.29 Å². The van der Waals surface area contributed by atoms with E-state index in [0.29, 0.717) is 6.29 Å². The van der Waals surface area contributed by atoms with Gasteiger partial charge in [0.05, 0.1) is 18.8 Å². The monoisotopic (exact) mass is 358 g/mol. The minimum atomic E-state index is -1.26. The molecule has 0 aromatic heterocycles. The Hall–Kier alpha value is -2.05. The summed E-state index contributed by atoms with van der Waals surface area (Å²) in [6.45, 7) is 3.49. The Morgan fingerprint density at radius 3 is 2.08 bits per heavy atom. The zero-order valence-corrected chi connectivity index (χ0v) is 15.1. The van der Waals surface area contributed by atoms with Gasteiger partial charge in [-0.05, 0) is 25.0 Å². The molecule has 1 unspecified atom stereocenters. The summed E-state index contributed by atoms with van der Waals surface area (Å²) >= 11 is 0. The molecule has 0 saturated heterocycles. The van der Waals surface area contributed by atoms with Gasteiger partial charge in [-0.15, -0.1) is 0 Å². The molecule has 0 aliphatic heterocycles. The molecule has 2 rings (SSSR count). The third kappa shape index (κ3) is 5.75. The smallest absolute Gasteiger partial charge is 0.151 e. The third-order valence-corrected chi connectivity index (χ3v) is 4.20. The number of hydrogen-bond donors (Lipinski definition) is 2. The Labute approximate surface area is 154 Å². The molecule has 0 spiro atoms. The number of ether oxygens (including phenoxy) is 2. The van der Waals surface area contributed by atoms with Gasteiger partial charge < -0.3 is 24.5 Å². The van der Waals surface area contributed by atoms with E-state index in [1.54, 1.807) is 0 Å². The van der Waals surface area contributed by atoms with Gasteiger partial charge in [0.25, 0.3) is 0 Å². The van der Waals surface area contributed by atoms with Crippen molar-refractivity contribution in [2.24, 2.45) is 0 Å². The summed E-state index contributed by atoms with van der Waals surface area (Å²) in [5.41, 5.74) is 1.81. The lowest BCUT2D eigenvalue weighted by Gasteiger charge is -2.32. The van der Waals surface area contributed by atoms with Crippen LogP contribution in [0.15, 0.2) is 60.7 Å². The number of hydrogen-bond acceptors (Lipinski definition) is 5. The highest BCUT2D eigenvalue weighted by molar-refractivity contribution is 5.57. The third-order valence-electron chi connectivity index (χ3n) is 4.20. The number of benzene rings is 2. The summed E-state index contributed by atoms with van der Waals surface area (Å²) in [4.78, 5) is 11.6. The molecule has 0 heterocycles. The van der Waals surface area contributed by atoms with E-state index in [1.165, 1.54) is 6.92 Å². The molecule has 0 aliphatic rings. The van der Waals surface area contributed by atoms with Crippen LogP contribution in [0.4, 0.5) is 0 Å². The Morgan fingerprint density at radius 2 is 1.54 bits per heavy atom. The molecule has 5 nitrogen and oxygen atoms in total. The van der Waals surface area contributed by atoms with Crippen LogP contribution in [0, 0.1) is 0 Å². The molecule has 5 heteroatoms. The quantitative estimate of drug-likeness (QED) is 0.639. The Kier molecular flexibility index (Phi) is 7.94. The van der Waals surface area contributed by atoms with Crippen LogP contribution in [0.5, 0.6) is 0 Å². The van der Waals surface area contributed by atoms with Gasteiger partial charge >= 0.3 is 0 Å². The van der Waals surface area contributed by atoms with Crippen LogP contribution in [0.2, 0.25) is 0 Å². The first kappa shape index (κ1) is 20.3. The zero-order chi connectivity index (χ0) is 18.9. The molecule has 140 valence electrons. The van der Waals surface area contributed by atoms with Gasteiger partial charge in [-0.2, -0.15) is 0 Å². The number of aliphatic hydroxyl groups excluding tert-OH is 2. The minimum Gasteiger partial charge on any atom is -0.391 e. The van der Waals surface area contributed by atoms with Crippen molar-refractivity contribution in [3.8, 4) is 0 Å². The minimum absolute atomic E-state index is 0.205. The van der Waals surface area contributed by atoms with Crippen molar-refractivity contribution in [3.05, 3.63) is 71.8 Å². The van der Waals surface area contributed by atoms with Crippen LogP contribution in [0.1, 0.15) is 31.1 Å². The lowest BCUT2D eigenvalue weighted by Crippen LogP contribution is -2.47. The fourth-order valence-corrected chi connectivity index (χ4v) is 2.64. The molecule has 0 amide bonds. The van der Waals surface area contributed by atoms with Gasteiger partial charge in [0.1, 0.15) is 18.3 Å². The molecular formula is C21H26O5. The summed E-state index contributed by atoms with van der Waals surface area (Å²) < 4.78 is 11.6. The van der Waals surface area contributed by atoms with Gasteiger partial charge in [-0.1, -0.05) is 60.7 Å². The van der Waals surface area contributed by atoms with Crippen molar-refractivity contribution in [1.29, 1.82) is 0 Å². The van der Waals surface area contributed by atoms with Crippen LogP contribution in [0.25, 0.3) is 0 Å². The second-order valence-corrected chi connectivity index (χ2v) is 6.28. The number of carbonyl (C=O) groups excluding carboxylic acids is 1. The highest BCUT2D eigenvalue weighted by atomic mass is 16.6. The van der Waals surface area contributed by atoms with Crippen molar-refractivity contribution in [2.75, 3.05) is 0 Å². The van der Waals surface area contributed by atoms with Crippen molar-refractivity contribution in [3.63, 3.8) is 0 Å². The van der Waals surface area contributed by atoms with Crippen molar-refractivity contribution in [2.45, 2.75) is 51.0 Å². The fraction of sp³-hybridized carbons (Fsp3) is 0.381. The standard InChI is InChI=1S/C21H26O5/c1-15(23)20(24)21(26-16(2)18-11-7-4-8-12-18)19(13-22)25-14-17-9-5-3-6-10-17/h3-13,15-16,19-21,23-24H,14H2,1-2H3/t15-,16?,19+,20+,21-/m1/s1. The summed E-state index contributed by atoms with van der Waals surface area (Å²) in [5, 5.41) is 20.2. The predicted molar refractivity (Wildman–Crippen MR) is 98.5 cm³/mol. The number of rotatable bonds is 10. The predicted octanol–water partition coefficient (Wildman–Crippen LogP) is 2.66. The molecule has 0 saturated carbocycles. The lowest BCUT2D eigenvalue weighted by atomic mass is 10.0. The first-order valence-corrected chi connectivity index (χ1v) is 8.70. The number of aliphatic hydroxyl groups is 2. The Morgan fingerprint density at radius 1 is 0.962 bits per heavy atom. The molecule has 26 heavy (non-hydrogen) atoms. The van der Waals surface area contributed by atoms with Crippen LogP contribution < -0.4 is 0 Å². The number of carbonyl (C=O) groups is 1. The maximum atomic E-state index is 11.6. The molecule has 2 aromatic rings. The molecule has 2 aromatic carbocycles. The topological polar surface area (TPSA) is 76.0 Å². The van der Waals surface area contributed by atoms with E-state index in [1.807, 2.05) is 67.6 Å². The SMILES string of the molecule is CC(O[C@@H]([C@@H](O)[C@@H](C)O)[C@H](C=O)OCc1ccccc1)c1ccccc1. The average Bonchev–Trinajstić information content (AvgIpc) is 2.68. The maximum Gasteiger partial charge on any atom is 0.151 e. The molecule has 2 N–H and O–H groups in total. The summed E-state index contributed by atoms with van der Waals surface area (Å²) in [6, 6.07) is 18.9. The van der Waals surface area contributed by atoms with Crippen LogP contribution in [0.3, 0.4) is 0 Å². The molecule has 0 bridgehead atoms. The summed E-state index contributed by atoms with van der Waals surface area (Å²) in [5.74, 6) is 0. The van der Waals surface area contributed by atoms with Gasteiger partial charge in [-0.25, -0.2) is 0 Å². The summed E-state index contributed by atoms with van der Waals surface area (Å²) in [6.07, 6.45) is -4.09. The highest BCUT2D eigenvalue weighted by Crippen LogP contribution is 2.23. The van der Waals surface area contributed by atoms with E-state index in [0.717, 1.165) is 11.1 Å². The number of aldehydes is 1. The van der Waals surface area contributed by atoms with Crippen LogP contribution >= 0.6 is 0 Å². The van der Waals surface area contributed by atoms with Crippen molar-refractivity contribution < 1.29 is 24.5 Å². The fourth-order valence-electron chi connectivity index (χ4n) is 2.64. The molecule has 0 fully saturated rings. The maximum absolute atomic E-state index is 11.6. The van der Waals surface area contributed by atoms with Crippen LogP contribution in [-0.2, 0) is 20.9 Å². The molecular weight excluding hydrogens is 332 g/mol. The summed E-state index contributed by atoms with van der Waals surface area (Å²) in [7, 11) is 0. The van der Waals surface area contributed by atoms with E-state index < -0.39 is 24.4 Å². The Bertz CT molecular complexity index is 644. The van der Waals surface area contributed by atoms with Crippen molar-refractivity contribution in [1.82, 2.24) is 0 Å². The first-order valence-electron chi connectivity index (χ1n) is 8.70. The first-order chi connectivity index (χ1) is 12.5. The van der Waals surface area contributed by atoms with E-state index in [-0.39, 0.29) is 12.7 Å².